The molecule has 2 aromatic heterocycles. The molecule has 0 spiro atoms. The van der Waals surface area contributed by atoms with Crippen molar-refractivity contribution < 1.29 is 43.4 Å². The number of ether oxygens (including phenoxy) is 1. The summed E-state index contributed by atoms with van der Waals surface area (Å²) in [4.78, 5) is 103. The van der Waals surface area contributed by atoms with E-state index in [4.69, 9.17) is 15.6 Å². The molecule has 8 rings (SSSR count). The molecule has 2 saturated carbocycles. The van der Waals surface area contributed by atoms with Crippen molar-refractivity contribution in [2.24, 2.45) is 28.4 Å². The monoisotopic (exact) mass is 1080 g/mol. The Morgan fingerprint density at radius 1 is 0.667 bits per heavy atom. The van der Waals surface area contributed by atoms with Crippen LogP contribution in [0.5, 0.6) is 0 Å². The van der Waals surface area contributed by atoms with E-state index in [0.29, 0.717) is 47.0 Å². The Labute approximate surface area is 459 Å². The Balaban J connectivity index is 0.000000207. The van der Waals surface area contributed by atoms with Gasteiger partial charge in [-0.3, -0.25) is 38.8 Å². The van der Waals surface area contributed by atoms with Crippen molar-refractivity contribution in [1.29, 1.82) is 0 Å². The first-order chi connectivity index (χ1) is 36.5. The standard InChI is InChI=1S/C27H37N5O3.C22H40N4O4.C10H7NO2/c1-16(28-5)24(33)31-23(27(2,3)4)26(35)32-15-13-17-10-11-21(22(17)32)30-25(34)19-12-14-29-20-9-7-6-8-18(19)20;1-13(25(8)20(29)30-22(5,6)7)18(27)24-17(21(2,3)4)19(28)26-12-11-14-9-10-15(23)16(14)26;12-10(13)8-5-6-11-9-4-2-1-3-7(8)9/h6-9,12,14,16-17,21-23,28H,10-11,13,15H2,1-5H3,(H,30,34)(H,31,33);13-17H,9-12,23H2,1-8H3,(H,24,27);1-6H,(H,12,13)/t16-,17?,21?,22?,23+;13-,14?,15?,16?,17+;/m00./s1. The van der Waals surface area contributed by atoms with E-state index >= 15 is 0 Å². The van der Waals surface area contributed by atoms with E-state index in [-0.39, 0.29) is 53.7 Å². The van der Waals surface area contributed by atoms with Crippen molar-refractivity contribution in [1.82, 2.24) is 45.9 Å². The van der Waals surface area contributed by atoms with E-state index < -0.39 is 52.7 Å². The van der Waals surface area contributed by atoms with Gasteiger partial charge in [0.05, 0.1) is 34.2 Å². The first-order valence-electron chi connectivity index (χ1n) is 27.4. The number of amides is 6. The van der Waals surface area contributed by atoms with Gasteiger partial charge in [0.2, 0.25) is 23.6 Å². The molecule has 6 unspecified atom stereocenters. The highest BCUT2D eigenvalue weighted by molar-refractivity contribution is 6.06. The number of pyridine rings is 2. The Morgan fingerprint density at radius 2 is 1.14 bits per heavy atom. The number of likely N-dealkylation sites (tertiary alicyclic amines) is 2. The number of aromatic carboxylic acids is 1. The summed E-state index contributed by atoms with van der Waals surface area (Å²) < 4.78 is 5.35. The third-order valence-corrected chi connectivity index (χ3v) is 15.7. The minimum absolute atomic E-state index is 0.00463. The fourth-order valence-corrected chi connectivity index (χ4v) is 11.1. The molecule has 4 heterocycles. The number of benzene rings is 2. The lowest BCUT2D eigenvalue weighted by Gasteiger charge is -2.38. The molecule has 4 fully saturated rings. The van der Waals surface area contributed by atoms with Gasteiger partial charge in [-0.05, 0) is 127 Å². The molecular formula is C59H84N10O9. The van der Waals surface area contributed by atoms with Gasteiger partial charge in [-0.25, -0.2) is 9.59 Å². The van der Waals surface area contributed by atoms with Crippen LogP contribution in [0.15, 0.2) is 73.1 Å². The molecule has 2 aliphatic carbocycles. The lowest BCUT2D eigenvalue weighted by molar-refractivity contribution is -0.141. The van der Waals surface area contributed by atoms with Gasteiger partial charge in [0.25, 0.3) is 5.91 Å². The van der Waals surface area contributed by atoms with Gasteiger partial charge in [-0.2, -0.15) is 0 Å². The van der Waals surface area contributed by atoms with Crippen LogP contribution in [0, 0.1) is 22.7 Å². The minimum atomic E-state index is -0.918. The van der Waals surface area contributed by atoms with E-state index in [1.165, 1.54) is 24.2 Å². The lowest BCUT2D eigenvalue weighted by atomic mass is 9.85. The molecule has 0 bridgehead atoms. The quantitative estimate of drug-likeness (QED) is 0.0936. The third kappa shape index (κ3) is 14.3. The summed E-state index contributed by atoms with van der Waals surface area (Å²) in [7, 11) is 3.25. The van der Waals surface area contributed by atoms with Crippen LogP contribution in [-0.4, -0.2) is 152 Å². The average molecular weight is 1080 g/mol. The van der Waals surface area contributed by atoms with Crippen molar-refractivity contribution >= 4 is 63.4 Å². The van der Waals surface area contributed by atoms with Gasteiger partial charge in [0, 0.05) is 61.4 Å². The van der Waals surface area contributed by atoms with E-state index in [2.05, 4.69) is 31.2 Å². The van der Waals surface area contributed by atoms with Crippen LogP contribution in [0.4, 0.5) is 4.79 Å². The highest BCUT2D eigenvalue weighted by Crippen LogP contribution is 2.41. The SMILES string of the molecule is CN[C@@H](C)C(=O)N[C@H](C(=O)N1CCC2CCC(NC(=O)c3ccnc4ccccc34)C21)C(C)(C)C.C[C@@H](C(=O)N[C@H](C(=O)N1CCC2CCC(N)C21)C(C)(C)C)N(C)C(=O)OC(C)(C)C.O=C(O)c1ccnc2ccccc12. The predicted octanol–water partition coefficient (Wildman–Crippen LogP) is 6.53. The van der Waals surface area contributed by atoms with E-state index in [1.54, 1.807) is 72.1 Å². The molecule has 19 heteroatoms. The Kier molecular flexibility index (Phi) is 19.3. The Morgan fingerprint density at radius 3 is 1.65 bits per heavy atom. The molecule has 19 nitrogen and oxygen atoms in total. The molecule has 2 saturated heterocycles. The van der Waals surface area contributed by atoms with Crippen molar-refractivity contribution in [3.63, 3.8) is 0 Å². The number of carbonyl (C=O) groups is 7. The molecule has 78 heavy (non-hydrogen) atoms. The zero-order chi connectivity index (χ0) is 57.6. The summed E-state index contributed by atoms with van der Waals surface area (Å²) in [6.07, 6.45) is 8.25. The largest absolute Gasteiger partial charge is 0.478 e. The molecule has 424 valence electrons. The fourth-order valence-electron chi connectivity index (χ4n) is 11.1. The number of carboxylic acid groups (broad SMARTS) is 1. The third-order valence-electron chi connectivity index (χ3n) is 15.7. The summed E-state index contributed by atoms with van der Waals surface area (Å²) in [6.45, 7) is 21.7. The van der Waals surface area contributed by atoms with Crippen molar-refractivity contribution in [3.05, 3.63) is 84.2 Å². The number of carbonyl (C=O) groups excluding carboxylic acids is 6. The van der Waals surface area contributed by atoms with Crippen molar-refractivity contribution in [3.8, 4) is 0 Å². The first-order valence-corrected chi connectivity index (χ1v) is 27.4. The maximum atomic E-state index is 13.8. The Hall–Kier alpha value is -6.73. The number of fused-ring (bicyclic) bond motifs is 4. The molecule has 10 atom stereocenters. The number of para-hydroxylation sites is 2. The number of likely N-dealkylation sites (N-methyl/N-ethyl adjacent to an activating group) is 2. The van der Waals surface area contributed by atoms with Crippen LogP contribution in [0.1, 0.15) is 135 Å². The number of rotatable bonds is 11. The number of aromatic nitrogens is 2. The highest BCUT2D eigenvalue weighted by atomic mass is 16.6. The number of nitrogens with two attached hydrogens (primary N) is 1. The second-order valence-electron chi connectivity index (χ2n) is 24.5. The lowest BCUT2D eigenvalue weighted by Crippen LogP contribution is -2.60. The van der Waals surface area contributed by atoms with Crippen LogP contribution in [-0.2, 0) is 23.9 Å². The number of hydrogen-bond donors (Lipinski definition) is 6. The van der Waals surface area contributed by atoms with Gasteiger partial charge < -0.3 is 46.6 Å². The molecule has 2 aromatic carbocycles. The Bertz CT molecular complexity index is 2810. The number of nitrogens with zero attached hydrogens (tertiary/aromatic N) is 5. The maximum absolute atomic E-state index is 13.8. The summed E-state index contributed by atoms with van der Waals surface area (Å²) in [5.41, 5.74) is 7.07. The van der Waals surface area contributed by atoms with Crippen LogP contribution in [0.25, 0.3) is 21.8 Å². The highest BCUT2D eigenvalue weighted by Gasteiger charge is 2.50. The number of nitrogens with one attached hydrogen (secondary N) is 4. The van der Waals surface area contributed by atoms with Crippen molar-refractivity contribution in [2.75, 3.05) is 27.2 Å². The van der Waals surface area contributed by atoms with Gasteiger partial charge in [-0.1, -0.05) is 77.9 Å². The van der Waals surface area contributed by atoms with Gasteiger partial charge in [0.15, 0.2) is 0 Å². The predicted molar refractivity (Wildman–Crippen MR) is 300 cm³/mol. The molecule has 4 aliphatic rings. The van der Waals surface area contributed by atoms with Crippen LogP contribution < -0.4 is 27.0 Å². The molecule has 2 aliphatic heterocycles. The maximum Gasteiger partial charge on any atom is 0.410 e. The summed E-state index contributed by atoms with van der Waals surface area (Å²) in [6, 6.07) is 15.4. The van der Waals surface area contributed by atoms with E-state index in [0.717, 1.165) is 49.4 Å². The molecule has 0 radical (unpaired) electrons. The van der Waals surface area contributed by atoms with Crippen LogP contribution in [0.2, 0.25) is 0 Å². The normalized spacial score (nSPS) is 22.3. The smallest absolute Gasteiger partial charge is 0.410 e. The van der Waals surface area contributed by atoms with Crippen molar-refractivity contribution in [2.45, 2.75) is 169 Å². The minimum Gasteiger partial charge on any atom is -0.478 e. The van der Waals surface area contributed by atoms with E-state index in [9.17, 15) is 33.6 Å². The number of carboxylic acids is 1. The number of hydrogen-bond acceptors (Lipinski definition) is 12. The second kappa shape index (κ2) is 24.9. The second-order valence-corrected chi connectivity index (χ2v) is 24.5. The van der Waals surface area contributed by atoms with Gasteiger partial charge in [0.1, 0.15) is 23.7 Å². The molecule has 6 amide bonds. The summed E-state index contributed by atoms with van der Waals surface area (Å²) in [5.74, 6) is -0.996. The molecule has 7 N–H and O–H groups in total. The topological polar surface area (TPSA) is 259 Å². The fraction of sp³-hybridized carbons (Fsp3) is 0.576. The van der Waals surface area contributed by atoms with Crippen LogP contribution >= 0.6 is 0 Å². The van der Waals surface area contributed by atoms with Crippen LogP contribution in [0.3, 0.4) is 0 Å². The first kappa shape index (κ1) is 60.5. The van der Waals surface area contributed by atoms with Gasteiger partial charge >= 0.3 is 12.1 Å². The summed E-state index contributed by atoms with van der Waals surface area (Å²) in [5, 5.41) is 22.4. The summed E-state index contributed by atoms with van der Waals surface area (Å²) >= 11 is 0. The van der Waals surface area contributed by atoms with E-state index in [1.807, 2.05) is 81.7 Å². The molecule has 4 aromatic rings. The van der Waals surface area contributed by atoms with Gasteiger partial charge in [-0.15, -0.1) is 0 Å². The zero-order valence-corrected chi connectivity index (χ0v) is 47.9. The average Bonchev–Trinajstić information content (AvgIpc) is 4.23. The molecular weight excluding hydrogens is 993 g/mol. The zero-order valence-electron chi connectivity index (χ0n) is 47.9.